The molecule has 0 aliphatic heterocycles. The summed E-state index contributed by atoms with van der Waals surface area (Å²) in [6.45, 7) is 6.51. The molecular formula is C6H12Br. The Morgan fingerprint density at radius 3 is 2.14 bits per heavy atom. The summed E-state index contributed by atoms with van der Waals surface area (Å²) < 4.78 is 0. The number of rotatable bonds is 2. The number of halogens is 1. The topological polar surface area (TPSA) is 0 Å². The minimum atomic E-state index is 0.736. The molecule has 1 atom stereocenters. The van der Waals surface area contributed by atoms with Crippen molar-refractivity contribution in [2.45, 2.75) is 27.2 Å². The molecule has 0 heterocycles. The molecule has 0 bridgehead atoms. The predicted molar refractivity (Wildman–Crippen MR) is 37.3 cm³/mol. The van der Waals surface area contributed by atoms with Gasteiger partial charge in [0.05, 0.1) is 0 Å². The maximum absolute atomic E-state index is 3.42. The quantitative estimate of drug-likeness (QED) is 0.588. The Morgan fingerprint density at radius 2 is 2.14 bits per heavy atom. The van der Waals surface area contributed by atoms with E-state index in [2.05, 4.69) is 36.7 Å². The first-order chi connectivity index (χ1) is 3.18. The second-order valence-corrected chi connectivity index (χ2v) is 3.15. The molecule has 1 unspecified atom stereocenters. The minimum absolute atomic E-state index is 0.736. The molecule has 43 valence electrons. The molecule has 0 aromatic heterocycles. The van der Waals surface area contributed by atoms with Crippen molar-refractivity contribution >= 4 is 15.9 Å². The monoisotopic (exact) mass is 163 g/mol. The molecule has 0 spiro atoms. The van der Waals surface area contributed by atoms with Crippen LogP contribution in [0.15, 0.2) is 0 Å². The third-order valence-electron chi connectivity index (χ3n) is 1.29. The van der Waals surface area contributed by atoms with Crippen LogP contribution in [0.1, 0.15) is 27.2 Å². The van der Waals surface area contributed by atoms with Crippen LogP contribution >= 0.6 is 15.9 Å². The average molecular weight is 164 g/mol. The molecule has 1 radical (unpaired) electrons. The summed E-state index contributed by atoms with van der Waals surface area (Å²) in [6, 6.07) is 0. The maximum atomic E-state index is 3.42. The van der Waals surface area contributed by atoms with E-state index in [1.807, 2.05) is 0 Å². The van der Waals surface area contributed by atoms with Crippen molar-refractivity contribution in [1.29, 1.82) is 0 Å². The van der Waals surface area contributed by atoms with Gasteiger partial charge < -0.3 is 0 Å². The summed E-state index contributed by atoms with van der Waals surface area (Å²) >= 11 is 3.42. The Balaban J connectivity index is 3.14. The molecule has 0 aromatic carbocycles. The van der Waals surface area contributed by atoms with Gasteiger partial charge in [-0.15, -0.1) is 0 Å². The van der Waals surface area contributed by atoms with E-state index in [9.17, 15) is 0 Å². The van der Waals surface area contributed by atoms with Gasteiger partial charge in [-0.3, -0.25) is 0 Å². The van der Waals surface area contributed by atoms with Crippen molar-refractivity contribution in [2.24, 2.45) is 5.92 Å². The van der Waals surface area contributed by atoms with Gasteiger partial charge in [-0.25, -0.2) is 0 Å². The third-order valence-corrected chi connectivity index (χ3v) is 2.07. The van der Waals surface area contributed by atoms with Crippen LogP contribution in [-0.4, -0.2) is 0 Å². The second kappa shape index (κ2) is 3.48. The average Bonchev–Trinajstić information content (AvgIpc) is 1.65. The van der Waals surface area contributed by atoms with E-state index in [1.165, 1.54) is 11.2 Å². The van der Waals surface area contributed by atoms with E-state index in [1.54, 1.807) is 0 Å². The lowest BCUT2D eigenvalue weighted by Crippen LogP contribution is -1.94. The summed E-state index contributed by atoms with van der Waals surface area (Å²) in [5.74, 6) is 0.736. The summed E-state index contributed by atoms with van der Waals surface area (Å²) in [4.78, 5) is 1.36. The van der Waals surface area contributed by atoms with E-state index in [-0.39, 0.29) is 0 Å². The molecule has 0 rings (SSSR count). The Hall–Kier alpha value is 0.480. The molecule has 0 fully saturated rings. The van der Waals surface area contributed by atoms with Crippen LogP contribution in [0.5, 0.6) is 0 Å². The number of hydrogen-bond donors (Lipinski definition) is 0. The molecule has 0 saturated heterocycles. The van der Waals surface area contributed by atoms with Crippen molar-refractivity contribution in [3.05, 3.63) is 4.83 Å². The molecule has 0 nitrogen and oxygen atoms in total. The molecule has 0 N–H and O–H groups in total. The SMILES string of the molecule is CCC(C)[C](C)Br. The van der Waals surface area contributed by atoms with Gasteiger partial charge in [0.2, 0.25) is 0 Å². The smallest absolute Gasteiger partial charge is 0.0408 e. The van der Waals surface area contributed by atoms with Crippen LogP contribution < -0.4 is 0 Å². The van der Waals surface area contributed by atoms with Crippen molar-refractivity contribution in [3.8, 4) is 0 Å². The molecule has 0 aliphatic carbocycles. The number of hydrogen-bond acceptors (Lipinski definition) is 0. The zero-order valence-corrected chi connectivity index (χ0v) is 6.75. The first kappa shape index (κ1) is 7.48. The van der Waals surface area contributed by atoms with Gasteiger partial charge in [-0.05, 0) is 12.8 Å². The van der Waals surface area contributed by atoms with Crippen molar-refractivity contribution in [3.63, 3.8) is 0 Å². The lowest BCUT2D eigenvalue weighted by atomic mass is 10.1. The van der Waals surface area contributed by atoms with Crippen molar-refractivity contribution < 1.29 is 0 Å². The molecule has 0 aliphatic rings. The van der Waals surface area contributed by atoms with Gasteiger partial charge in [0.1, 0.15) is 0 Å². The van der Waals surface area contributed by atoms with Crippen LogP contribution in [0, 0.1) is 10.7 Å². The first-order valence-electron chi connectivity index (χ1n) is 2.67. The van der Waals surface area contributed by atoms with Gasteiger partial charge in [0.15, 0.2) is 0 Å². The zero-order valence-electron chi connectivity index (χ0n) is 5.16. The molecule has 7 heavy (non-hydrogen) atoms. The Bertz CT molecular complexity index is 41.4. The van der Waals surface area contributed by atoms with Crippen molar-refractivity contribution in [1.82, 2.24) is 0 Å². The van der Waals surface area contributed by atoms with Gasteiger partial charge in [0.25, 0.3) is 0 Å². The van der Waals surface area contributed by atoms with E-state index >= 15 is 0 Å². The largest absolute Gasteiger partial charge is 0.0838 e. The fourth-order valence-electron chi connectivity index (χ4n) is 0.281. The highest BCUT2D eigenvalue weighted by molar-refractivity contribution is 9.11. The molecular weight excluding hydrogens is 152 g/mol. The fraction of sp³-hybridized carbons (Fsp3) is 0.833. The molecule has 0 saturated carbocycles. The lowest BCUT2D eigenvalue weighted by Gasteiger charge is -2.07. The van der Waals surface area contributed by atoms with E-state index in [4.69, 9.17) is 0 Å². The van der Waals surface area contributed by atoms with Gasteiger partial charge in [-0.1, -0.05) is 36.2 Å². The van der Waals surface area contributed by atoms with Crippen LogP contribution in [0.3, 0.4) is 0 Å². The highest BCUT2D eigenvalue weighted by Gasteiger charge is 2.04. The van der Waals surface area contributed by atoms with Crippen LogP contribution in [0.25, 0.3) is 0 Å². The first-order valence-corrected chi connectivity index (χ1v) is 3.46. The summed E-state index contributed by atoms with van der Waals surface area (Å²) in [5.41, 5.74) is 0. The second-order valence-electron chi connectivity index (χ2n) is 1.90. The standard InChI is InChI=1S/C6H12Br/c1-4-5(2)6(3)7/h5H,4H2,1-3H3. The predicted octanol–water partition coefficient (Wildman–Crippen LogP) is 2.98. The Kier molecular flexibility index (Phi) is 3.72. The lowest BCUT2D eigenvalue weighted by molar-refractivity contribution is 0.636. The molecule has 1 heteroatoms. The summed E-state index contributed by atoms with van der Waals surface area (Å²) in [6.07, 6.45) is 1.23. The van der Waals surface area contributed by atoms with E-state index < -0.39 is 0 Å². The normalized spacial score (nSPS) is 15.0. The highest BCUT2D eigenvalue weighted by atomic mass is 79.9. The molecule has 0 amide bonds. The van der Waals surface area contributed by atoms with Gasteiger partial charge in [-0.2, -0.15) is 0 Å². The Morgan fingerprint density at radius 1 is 1.71 bits per heavy atom. The molecule has 0 aromatic rings. The minimum Gasteiger partial charge on any atom is -0.0838 e. The van der Waals surface area contributed by atoms with Crippen LogP contribution in [0.2, 0.25) is 0 Å². The van der Waals surface area contributed by atoms with E-state index in [0.717, 1.165) is 5.92 Å². The summed E-state index contributed by atoms with van der Waals surface area (Å²) in [7, 11) is 0. The highest BCUT2D eigenvalue weighted by Crippen LogP contribution is 2.21. The van der Waals surface area contributed by atoms with Gasteiger partial charge >= 0.3 is 0 Å². The van der Waals surface area contributed by atoms with Crippen LogP contribution in [0.4, 0.5) is 0 Å². The van der Waals surface area contributed by atoms with Gasteiger partial charge in [0, 0.05) is 4.83 Å². The van der Waals surface area contributed by atoms with E-state index in [0.29, 0.717) is 0 Å². The summed E-state index contributed by atoms with van der Waals surface area (Å²) in [5, 5.41) is 0. The van der Waals surface area contributed by atoms with Crippen molar-refractivity contribution in [2.75, 3.05) is 0 Å². The zero-order chi connectivity index (χ0) is 5.86. The fourth-order valence-corrected chi connectivity index (χ4v) is 0.605. The third kappa shape index (κ3) is 3.10. The maximum Gasteiger partial charge on any atom is 0.0408 e. The Labute approximate surface area is 54.4 Å². The van der Waals surface area contributed by atoms with Crippen LogP contribution in [-0.2, 0) is 0 Å².